The Morgan fingerprint density at radius 3 is 1.28 bits per heavy atom. The Kier molecular flexibility index (Phi) is 8.17. The van der Waals surface area contributed by atoms with E-state index in [1.54, 1.807) is 0 Å². The Hall–Kier alpha value is -8.14. The Balaban J connectivity index is 0.900. The minimum Gasteiger partial charge on any atom is -0.310 e. The fourth-order valence-corrected chi connectivity index (χ4v) is 9.45. The first-order chi connectivity index (χ1) is 30.3. The summed E-state index contributed by atoms with van der Waals surface area (Å²) in [5, 5.41) is 7.47. The van der Waals surface area contributed by atoms with E-state index < -0.39 is 0 Å². The molecule has 0 aliphatic rings. The predicted octanol–water partition coefficient (Wildman–Crippen LogP) is 15.8. The molecule has 0 spiro atoms. The van der Waals surface area contributed by atoms with Crippen molar-refractivity contribution in [2.24, 2.45) is 0 Å². The first-order valence-corrected chi connectivity index (χ1v) is 20.9. The Morgan fingerprint density at radius 1 is 0.262 bits per heavy atom. The van der Waals surface area contributed by atoms with Crippen LogP contribution in [-0.2, 0) is 0 Å². The molecule has 2 aromatic heterocycles. The van der Waals surface area contributed by atoms with Gasteiger partial charge in [0.15, 0.2) is 0 Å². The maximum absolute atomic E-state index is 2.38. The van der Waals surface area contributed by atoms with E-state index in [0.717, 1.165) is 22.7 Å². The van der Waals surface area contributed by atoms with E-state index in [4.69, 9.17) is 0 Å². The van der Waals surface area contributed by atoms with Crippen LogP contribution in [0.5, 0.6) is 0 Å². The summed E-state index contributed by atoms with van der Waals surface area (Å²) < 4.78 is 4.76. The molecular formula is C58H39N3. The lowest BCUT2D eigenvalue weighted by Crippen LogP contribution is -2.10. The third-order valence-corrected chi connectivity index (χ3v) is 12.3. The van der Waals surface area contributed by atoms with Crippen molar-refractivity contribution < 1.29 is 0 Å². The summed E-state index contributed by atoms with van der Waals surface area (Å²) in [5.74, 6) is 0. The molecule has 0 saturated heterocycles. The van der Waals surface area contributed by atoms with Gasteiger partial charge in [0.05, 0.1) is 27.8 Å². The smallest absolute Gasteiger partial charge is 0.0547 e. The molecule has 0 bridgehead atoms. The first-order valence-electron chi connectivity index (χ1n) is 20.9. The first kappa shape index (κ1) is 34.9. The fourth-order valence-electron chi connectivity index (χ4n) is 9.45. The summed E-state index contributed by atoms with van der Waals surface area (Å²) in [5.41, 5.74) is 15.2. The van der Waals surface area contributed by atoms with Crippen LogP contribution in [0.1, 0.15) is 0 Å². The van der Waals surface area contributed by atoms with Crippen LogP contribution < -0.4 is 4.90 Å². The van der Waals surface area contributed by atoms with Gasteiger partial charge in [0.25, 0.3) is 0 Å². The summed E-state index contributed by atoms with van der Waals surface area (Å²) in [4.78, 5) is 2.38. The minimum absolute atomic E-state index is 1.10. The number of hydrogen-bond donors (Lipinski definition) is 0. The summed E-state index contributed by atoms with van der Waals surface area (Å²) in [6.45, 7) is 0. The van der Waals surface area contributed by atoms with Gasteiger partial charge in [0.1, 0.15) is 0 Å². The van der Waals surface area contributed by atoms with Crippen molar-refractivity contribution in [1.29, 1.82) is 0 Å². The molecule has 3 heteroatoms. The molecule has 0 N–H and O–H groups in total. The topological polar surface area (TPSA) is 13.1 Å². The van der Waals surface area contributed by atoms with Crippen LogP contribution >= 0.6 is 0 Å². The van der Waals surface area contributed by atoms with Gasteiger partial charge in [-0.1, -0.05) is 158 Å². The van der Waals surface area contributed by atoms with Crippen LogP contribution in [0.3, 0.4) is 0 Å². The van der Waals surface area contributed by atoms with E-state index in [0.29, 0.717) is 0 Å². The lowest BCUT2D eigenvalue weighted by Gasteiger charge is -2.27. The molecule has 286 valence electrons. The molecule has 0 atom stereocenters. The number of rotatable bonds is 7. The van der Waals surface area contributed by atoms with Crippen LogP contribution in [0.25, 0.3) is 88.0 Å². The predicted molar refractivity (Wildman–Crippen MR) is 258 cm³/mol. The lowest BCUT2D eigenvalue weighted by molar-refractivity contribution is 1.17. The van der Waals surface area contributed by atoms with E-state index in [-0.39, 0.29) is 0 Å². The molecule has 3 nitrogen and oxygen atoms in total. The van der Waals surface area contributed by atoms with Gasteiger partial charge < -0.3 is 14.0 Å². The molecule has 12 aromatic rings. The molecule has 0 aliphatic heterocycles. The van der Waals surface area contributed by atoms with Crippen molar-refractivity contribution >= 4 is 71.4 Å². The fraction of sp³-hybridized carbons (Fsp3) is 0. The Morgan fingerprint density at radius 2 is 0.672 bits per heavy atom. The van der Waals surface area contributed by atoms with Crippen molar-refractivity contribution in [3.63, 3.8) is 0 Å². The molecule has 2 heterocycles. The largest absolute Gasteiger partial charge is 0.310 e. The Labute approximate surface area is 354 Å². The van der Waals surface area contributed by atoms with Crippen molar-refractivity contribution in [2.75, 3.05) is 4.90 Å². The summed E-state index contributed by atoms with van der Waals surface area (Å²) in [6.07, 6.45) is 0. The van der Waals surface area contributed by atoms with Gasteiger partial charge in [-0.25, -0.2) is 0 Å². The molecule has 12 rings (SSSR count). The molecular weight excluding hydrogens is 739 g/mol. The number of hydrogen-bond acceptors (Lipinski definition) is 1. The zero-order valence-electron chi connectivity index (χ0n) is 33.4. The maximum Gasteiger partial charge on any atom is 0.0547 e. The zero-order chi connectivity index (χ0) is 40.3. The summed E-state index contributed by atoms with van der Waals surface area (Å²) in [7, 11) is 0. The monoisotopic (exact) mass is 777 g/mol. The summed E-state index contributed by atoms with van der Waals surface area (Å²) >= 11 is 0. The minimum atomic E-state index is 1.10. The molecule has 0 amide bonds. The number of nitrogens with zero attached hydrogens (tertiary/aromatic N) is 3. The number of aromatic nitrogens is 2. The molecule has 0 saturated carbocycles. The van der Waals surface area contributed by atoms with Crippen LogP contribution in [-0.4, -0.2) is 9.13 Å². The lowest BCUT2D eigenvalue weighted by atomic mass is 9.99. The highest BCUT2D eigenvalue weighted by Crippen LogP contribution is 2.41. The number of anilines is 3. The highest BCUT2D eigenvalue weighted by Gasteiger charge is 2.18. The van der Waals surface area contributed by atoms with E-state index in [2.05, 4.69) is 251 Å². The zero-order valence-corrected chi connectivity index (χ0v) is 33.4. The molecule has 10 aromatic carbocycles. The van der Waals surface area contributed by atoms with Gasteiger partial charge in [-0.2, -0.15) is 0 Å². The van der Waals surface area contributed by atoms with Gasteiger partial charge in [-0.3, -0.25) is 0 Å². The quantitative estimate of drug-likeness (QED) is 0.157. The van der Waals surface area contributed by atoms with Gasteiger partial charge in [-0.15, -0.1) is 0 Å². The van der Waals surface area contributed by atoms with Crippen molar-refractivity contribution in [2.45, 2.75) is 0 Å². The molecule has 61 heavy (non-hydrogen) atoms. The second-order valence-corrected chi connectivity index (χ2v) is 15.8. The second-order valence-electron chi connectivity index (χ2n) is 15.8. The molecule has 0 radical (unpaired) electrons. The van der Waals surface area contributed by atoms with Crippen molar-refractivity contribution in [3.8, 4) is 33.6 Å². The number of benzene rings is 10. The van der Waals surface area contributed by atoms with Gasteiger partial charge in [0.2, 0.25) is 0 Å². The average Bonchev–Trinajstić information content (AvgIpc) is 3.85. The number of para-hydroxylation sites is 4. The third-order valence-electron chi connectivity index (χ3n) is 12.3. The van der Waals surface area contributed by atoms with E-state index in [1.807, 2.05) is 0 Å². The van der Waals surface area contributed by atoms with Crippen LogP contribution in [0.4, 0.5) is 17.1 Å². The van der Waals surface area contributed by atoms with E-state index >= 15 is 0 Å². The Bertz CT molecular complexity index is 3500. The van der Waals surface area contributed by atoms with E-state index in [9.17, 15) is 0 Å². The number of fused-ring (bicyclic) bond motifs is 7. The third kappa shape index (κ3) is 5.82. The van der Waals surface area contributed by atoms with Gasteiger partial charge in [0, 0.05) is 49.7 Å². The van der Waals surface area contributed by atoms with Crippen LogP contribution in [0.2, 0.25) is 0 Å². The highest BCUT2D eigenvalue weighted by molar-refractivity contribution is 6.11. The van der Waals surface area contributed by atoms with Crippen LogP contribution in [0, 0.1) is 0 Å². The normalized spacial score (nSPS) is 11.6. The SMILES string of the molecule is c1ccc(-n2c3ccccc3c3ccc(-c4ccc(-c5ccc(N(c6ccc(-n7c8ccccc8c8ccccc87)cc6)c6cccc7ccccc67)cc5)cc4)cc32)cc1. The highest BCUT2D eigenvalue weighted by atomic mass is 15.1. The van der Waals surface area contributed by atoms with Crippen molar-refractivity contribution in [1.82, 2.24) is 9.13 Å². The van der Waals surface area contributed by atoms with Crippen molar-refractivity contribution in [3.05, 3.63) is 237 Å². The average molecular weight is 778 g/mol. The van der Waals surface area contributed by atoms with Crippen LogP contribution in [0.15, 0.2) is 237 Å². The second kappa shape index (κ2) is 14.3. The standard InChI is InChI=1S/C58H39N3/c1-2-15-45(16-3-1)61-57-23-11-8-20-52(57)53-38-31-44(39-58(53)61)42-27-25-40(26-28-42)41-29-32-46(33-30-41)59(54-24-12-14-43-13-4-5-17-49(43)54)47-34-36-48(37-35-47)60-55-21-9-6-18-50(55)51-19-7-10-22-56(51)60/h1-39H. The molecule has 0 fully saturated rings. The molecule has 0 aliphatic carbocycles. The summed E-state index contributed by atoms with van der Waals surface area (Å²) in [6, 6.07) is 85.8. The van der Waals surface area contributed by atoms with Gasteiger partial charge >= 0.3 is 0 Å². The van der Waals surface area contributed by atoms with Gasteiger partial charge in [-0.05, 0) is 107 Å². The van der Waals surface area contributed by atoms with E-state index in [1.165, 1.54) is 82.3 Å². The molecule has 0 unspecified atom stereocenters. The maximum atomic E-state index is 2.38.